The topological polar surface area (TPSA) is 61.9 Å². The summed E-state index contributed by atoms with van der Waals surface area (Å²) in [6.07, 6.45) is 0.990. The zero-order valence-corrected chi connectivity index (χ0v) is 17.4. The Balaban J connectivity index is 1.76. The Morgan fingerprint density at radius 1 is 1.10 bits per heavy atom. The number of esters is 1. The van der Waals surface area contributed by atoms with Crippen LogP contribution in [-0.2, 0) is 27.3 Å². The van der Waals surface area contributed by atoms with E-state index >= 15 is 0 Å². The molecule has 6 heteroatoms. The van der Waals surface area contributed by atoms with E-state index in [1.54, 1.807) is 0 Å². The highest BCUT2D eigenvalue weighted by Gasteiger charge is 2.25. The Morgan fingerprint density at radius 2 is 1.79 bits per heavy atom. The lowest BCUT2D eigenvalue weighted by molar-refractivity contribution is -0.146. The first-order chi connectivity index (χ1) is 13.9. The number of nitrogens with one attached hydrogen (secondary N) is 1. The summed E-state index contributed by atoms with van der Waals surface area (Å²) in [5.41, 5.74) is 5.02. The predicted molar refractivity (Wildman–Crippen MR) is 114 cm³/mol. The lowest BCUT2D eigenvalue weighted by atomic mass is 9.96. The van der Waals surface area contributed by atoms with Gasteiger partial charge in [-0.3, -0.25) is 14.5 Å². The molecule has 1 aliphatic rings. The molecule has 0 aromatic heterocycles. The van der Waals surface area contributed by atoms with E-state index in [0.29, 0.717) is 6.54 Å². The number of carbonyl (C=O) groups is 2. The number of rotatable bonds is 7. The molecule has 0 spiro atoms. The van der Waals surface area contributed by atoms with Gasteiger partial charge in [0.1, 0.15) is 0 Å². The zero-order valence-electron chi connectivity index (χ0n) is 17.4. The van der Waals surface area contributed by atoms with Gasteiger partial charge in [-0.25, -0.2) is 0 Å². The molecule has 0 saturated heterocycles. The van der Waals surface area contributed by atoms with Crippen molar-refractivity contribution in [3.05, 3.63) is 65.2 Å². The highest BCUT2D eigenvalue weighted by Crippen LogP contribution is 2.28. The van der Waals surface area contributed by atoms with Crippen LogP contribution in [0.2, 0.25) is 0 Å². The van der Waals surface area contributed by atoms with Crippen molar-refractivity contribution in [3.8, 4) is 0 Å². The average molecular weight is 396 g/mol. The minimum absolute atomic E-state index is 0.0425. The van der Waals surface area contributed by atoms with Gasteiger partial charge in [0, 0.05) is 46.3 Å². The van der Waals surface area contributed by atoms with Crippen molar-refractivity contribution in [2.24, 2.45) is 0 Å². The maximum Gasteiger partial charge on any atom is 0.303 e. The summed E-state index contributed by atoms with van der Waals surface area (Å²) in [5, 5.41) is 2.93. The maximum atomic E-state index is 12.1. The average Bonchev–Trinajstić information content (AvgIpc) is 2.72. The fourth-order valence-electron chi connectivity index (χ4n) is 3.66. The van der Waals surface area contributed by atoms with Gasteiger partial charge in [-0.15, -0.1) is 0 Å². The van der Waals surface area contributed by atoms with Crippen LogP contribution >= 0.6 is 0 Å². The number of nitrogens with zero attached hydrogens (tertiary/aromatic N) is 2. The Bertz CT molecular complexity index is 849. The van der Waals surface area contributed by atoms with E-state index in [0.717, 1.165) is 30.8 Å². The van der Waals surface area contributed by atoms with Crippen molar-refractivity contribution < 1.29 is 14.3 Å². The fourth-order valence-corrected chi connectivity index (χ4v) is 3.66. The van der Waals surface area contributed by atoms with Crippen LogP contribution < -0.4 is 10.2 Å². The van der Waals surface area contributed by atoms with Gasteiger partial charge in [0.2, 0.25) is 0 Å². The highest BCUT2D eigenvalue weighted by atomic mass is 16.5. The van der Waals surface area contributed by atoms with Gasteiger partial charge in [0.25, 0.3) is 5.91 Å². The summed E-state index contributed by atoms with van der Waals surface area (Å²) < 4.78 is 4.81. The van der Waals surface area contributed by atoms with Crippen LogP contribution in [0.15, 0.2) is 48.5 Å². The standard InChI is InChI=1S/C23H29N3O3/c1-17(27)29-16-23(28)24-14-22(19-8-10-21(11-9-19)25(2)3)26-13-12-18-6-4-5-7-20(18)15-26/h4-11,22H,12-16H2,1-3H3,(H,24,28)/t22-/m1/s1. The molecule has 2 aromatic rings. The van der Waals surface area contributed by atoms with E-state index in [9.17, 15) is 9.59 Å². The number of benzene rings is 2. The minimum Gasteiger partial charge on any atom is -0.456 e. The van der Waals surface area contributed by atoms with E-state index in [2.05, 4.69) is 63.6 Å². The van der Waals surface area contributed by atoms with Crippen molar-refractivity contribution in [1.29, 1.82) is 0 Å². The van der Waals surface area contributed by atoms with E-state index in [4.69, 9.17) is 4.74 Å². The normalized spacial score (nSPS) is 14.6. The molecule has 1 N–H and O–H groups in total. The van der Waals surface area contributed by atoms with Gasteiger partial charge in [-0.05, 0) is 35.2 Å². The fraction of sp³-hybridized carbons (Fsp3) is 0.391. The number of carbonyl (C=O) groups excluding carboxylic acids is 2. The van der Waals surface area contributed by atoms with Crippen LogP contribution in [0, 0.1) is 0 Å². The Kier molecular flexibility index (Phi) is 6.88. The van der Waals surface area contributed by atoms with Crippen LogP contribution in [0.25, 0.3) is 0 Å². The van der Waals surface area contributed by atoms with E-state index in [1.807, 2.05) is 14.1 Å². The third-order valence-corrected chi connectivity index (χ3v) is 5.29. The number of hydrogen-bond acceptors (Lipinski definition) is 5. The molecule has 0 bridgehead atoms. The molecule has 0 aliphatic carbocycles. The first kappa shape index (κ1) is 20.9. The second-order valence-corrected chi connectivity index (χ2v) is 7.58. The van der Waals surface area contributed by atoms with Crippen molar-refractivity contribution in [2.45, 2.75) is 25.9 Å². The van der Waals surface area contributed by atoms with Gasteiger partial charge < -0.3 is 15.0 Å². The lowest BCUT2D eigenvalue weighted by Gasteiger charge is -2.36. The molecular weight excluding hydrogens is 366 g/mol. The van der Waals surface area contributed by atoms with Crippen LogP contribution in [0.3, 0.4) is 0 Å². The number of ether oxygens (including phenoxy) is 1. The van der Waals surface area contributed by atoms with Gasteiger partial charge in [-0.1, -0.05) is 36.4 Å². The first-order valence-electron chi connectivity index (χ1n) is 9.92. The number of anilines is 1. The quantitative estimate of drug-likeness (QED) is 0.730. The van der Waals surface area contributed by atoms with Crippen molar-refractivity contribution in [3.63, 3.8) is 0 Å². The van der Waals surface area contributed by atoms with Crippen LogP contribution in [-0.4, -0.2) is 50.6 Å². The van der Waals surface area contributed by atoms with E-state index < -0.39 is 5.97 Å². The predicted octanol–water partition coefficient (Wildman–Crippen LogP) is 2.53. The monoisotopic (exact) mass is 395 g/mol. The molecule has 2 aromatic carbocycles. The highest BCUT2D eigenvalue weighted by molar-refractivity contribution is 5.79. The third-order valence-electron chi connectivity index (χ3n) is 5.29. The molecule has 3 rings (SSSR count). The molecule has 0 saturated carbocycles. The Morgan fingerprint density at radius 3 is 2.45 bits per heavy atom. The second-order valence-electron chi connectivity index (χ2n) is 7.58. The van der Waals surface area contributed by atoms with Crippen LogP contribution in [0.4, 0.5) is 5.69 Å². The molecule has 1 amide bonds. The lowest BCUT2D eigenvalue weighted by Crippen LogP contribution is -2.41. The summed E-state index contributed by atoms with van der Waals surface area (Å²) in [6, 6.07) is 17.0. The van der Waals surface area contributed by atoms with Crippen LogP contribution in [0.1, 0.15) is 29.7 Å². The molecular formula is C23H29N3O3. The largest absolute Gasteiger partial charge is 0.456 e. The second kappa shape index (κ2) is 9.56. The molecule has 29 heavy (non-hydrogen) atoms. The van der Waals surface area contributed by atoms with Gasteiger partial charge in [-0.2, -0.15) is 0 Å². The summed E-state index contributed by atoms with van der Waals surface area (Å²) in [4.78, 5) is 27.5. The summed E-state index contributed by atoms with van der Waals surface area (Å²) in [6.45, 7) is 3.29. The van der Waals surface area contributed by atoms with E-state index in [-0.39, 0.29) is 18.6 Å². The van der Waals surface area contributed by atoms with Crippen molar-refractivity contribution >= 4 is 17.6 Å². The summed E-state index contributed by atoms with van der Waals surface area (Å²) in [7, 11) is 4.03. The first-order valence-corrected chi connectivity index (χ1v) is 9.92. The van der Waals surface area contributed by atoms with Crippen molar-refractivity contribution in [1.82, 2.24) is 10.2 Å². The van der Waals surface area contributed by atoms with E-state index in [1.165, 1.54) is 18.1 Å². The Hall–Kier alpha value is -2.86. The smallest absolute Gasteiger partial charge is 0.303 e. The number of fused-ring (bicyclic) bond motifs is 1. The number of amides is 1. The van der Waals surface area contributed by atoms with Gasteiger partial charge in [0.15, 0.2) is 6.61 Å². The molecule has 6 nitrogen and oxygen atoms in total. The molecule has 1 heterocycles. The minimum atomic E-state index is -0.455. The SMILES string of the molecule is CC(=O)OCC(=O)NC[C@H](c1ccc(N(C)C)cc1)N1CCc2ccccc2C1. The van der Waals surface area contributed by atoms with Crippen molar-refractivity contribution in [2.75, 3.05) is 38.7 Å². The molecule has 154 valence electrons. The summed E-state index contributed by atoms with van der Waals surface area (Å²) >= 11 is 0. The van der Waals surface area contributed by atoms with Gasteiger partial charge in [0.05, 0.1) is 6.04 Å². The molecule has 0 radical (unpaired) electrons. The maximum absolute atomic E-state index is 12.1. The zero-order chi connectivity index (χ0) is 20.8. The molecule has 0 fully saturated rings. The molecule has 1 atom stereocenters. The van der Waals surface area contributed by atoms with Crippen LogP contribution in [0.5, 0.6) is 0 Å². The Labute approximate surface area is 172 Å². The summed E-state index contributed by atoms with van der Waals surface area (Å²) in [5.74, 6) is -0.740. The molecule has 1 aliphatic heterocycles. The van der Waals surface area contributed by atoms with Gasteiger partial charge >= 0.3 is 5.97 Å². The third kappa shape index (κ3) is 5.57. The molecule has 0 unspecified atom stereocenters. The number of hydrogen-bond donors (Lipinski definition) is 1.